The van der Waals surface area contributed by atoms with Gasteiger partial charge >= 0.3 is 23.9 Å². The quantitative estimate of drug-likeness (QED) is 0.406. The van der Waals surface area contributed by atoms with Crippen LogP contribution in [0, 0.1) is 28.1 Å². The second kappa shape index (κ2) is 7.46. The molecule has 2 aliphatic rings. The van der Waals surface area contributed by atoms with Gasteiger partial charge in [-0.15, -0.1) is 0 Å². The third-order valence-corrected chi connectivity index (χ3v) is 6.50. The molecule has 1 saturated carbocycles. The first-order valence-electron chi connectivity index (χ1n) is 8.85. The summed E-state index contributed by atoms with van der Waals surface area (Å²) in [5.74, 6) is -7.54. The maximum Gasteiger partial charge on any atom is 0.323 e. The highest BCUT2D eigenvalue weighted by Gasteiger charge is 2.75. The number of fused-ring (bicyclic) bond motifs is 1. The summed E-state index contributed by atoms with van der Waals surface area (Å²) in [5, 5.41) is 41.0. The molecule has 2 fully saturated rings. The van der Waals surface area contributed by atoms with Crippen LogP contribution in [0.4, 0.5) is 0 Å². The number of aliphatic carboxylic acids is 4. The number of carboxylic acids is 4. The van der Waals surface area contributed by atoms with Gasteiger partial charge in [-0.05, 0) is 43.6 Å². The zero-order chi connectivity index (χ0) is 21.4. The Labute approximate surface area is 157 Å². The van der Waals surface area contributed by atoms with Gasteiger partial charge < -0.3 is 25.7 Å². The van der Waals surface area contributed by atoms with Gasteiger partial charge in [-0.1, -0.05) is 27.7 Å². The normalized spacial score (nSPS) is 21.7. The van der Waals surface area contributed by atoms with Crippen LogP contribution in [0.25, 0.3) is 0 Å². The van der Waals surface area contributed by atoms with Crippen LogP contribution in [-0.4, -0.2) is 56.9 Å². The molecule has 9 nitrogen and oxygen atoms in total. The Hall–Kier alpha value is -2.16. The predicted molar refractivity (Wildman–Crippen MR) is 94.2 cm³/mol. The number of carbonyl (C=O) groups is 4. The first-order valence-corrected chi connectivity index (χ1v) is 8.85. The second-order valence-corrected chi connectivity index (χ2v) is 8.32. The molecule has 2 rings (SSSR count). The van der Waals surface area contributed by atoms with Crippen LogP contribution in [0.2, 0.25) is 0 Å². The van der Waals surface area contributed by atoms with Gasteiger partial charge in [-0.2, -0.15) is 0 Å². The maximum atomic E-state index is 11.8. The van der Waals surface area contributed by atoms with Crippen molar-refractivity contribution in [1.29, 1.82) is 0 Å². The average molecular weight is 387 g/mol. The lowest BCUT2D eigenvalue weighted by Crippen LogP contribution is -2.67. The van der Waals surface area contributed by atoms with Gasteiger partial charge in [0.05, 0.1) is 0 Å². The first kappa shape index (κ1) is 22.9. The fourth-order valence-electron chi connectivity index (χ4n) is 3.83. The van der Waals surface area contributed by atoms with Crippen LogP contribution in [0.5, 0.6) is 0 Å². The van der Waals surface area contributed by atoms with Crippen molar-refractivity contribution in [3.63, 3.8) is 0 Å². The van der Waals surface area contributed by atoms with Crippen molar-refractivity contribution in [2.45, 2.75) is 53.5 Å². The van der Waals surface area contributed by atoms with Gasteiger partial charge in [-0.3, -0.25) is 19.2 Å². The molecular weight excluding hydrogens is 358 g/mol. The molecule has 1 aliphatic carbocycles. The Morgan fingerprint density at radius 3 is 1.48 bits per heavy atom. The lowest BCUT2D eigenvalue weighted by Gasteiger charge is -2.48. The molecule has 0 bridgehead atoms. The standard InChI is InChI=1S/C13H20O8.C5H9N/c1-6(2)11(3,4)13(9(18)19,10(20)21)12(5,7(14)15)8(16)17;1-2-6-5-3-4(1)5/h6H,1-5H3,(H,14,15)(H,16,17)(H,18,19)(H,20,21);4-6H,1-3H2. The minimum absolute atomic E-state index is 0.609. The molecular formula is C18H29NO8. The fraction of sp³-hybridized carbons (Fsp3) is 0.778. The fourth-order valence-corrected chi connectivity index (χ4v) is 3.83. The van der Waals surface area contributed by atoms with E-state index >= 15 is 0 Å². The Morgan fingerprint density at radius 2 is 1.33 bits per heavy atom. The van der Waals surface area contributed by atoms with Crippen molar-refractivity contribution in [3.8, 4) is 0 Å². The van der Waals surface area contributed by atoms with E-state index in [4.69, 9.17) is 0 Å². The number of rotatable bonds is 7. The molecule has 1 aliphatic heterocycles. The number of hydrogen-bond acceptors (Lipinski definition) is 5. The summed E-state index contributed by atoms with van der Waals surface area (Å²) < 4.78 is 0. The summed E-state index contributed by atoms with van der Waals surface area (Å²) in [5.41, 5.74) is -7.75. The Balaban J connectivity index is 0.000000495. The number of piperidine rings is 1. The summed E-state index contributed by atoms with van der Waals surface area (Å²) in [7, 11) is 0. The number of nitrogens with one attached hydrogen (secondary N) is 1. The molecule has 27 heavy (non-hydrogen) atoms. The third kappa shape index (κ3) is 3.40. The van der Waals surface area contributed by atoms with E-state index in [1.807, 2.05) is 0 Å². The Bertz CT molecular complexity index is 603. The highest BCUT2D eigenvalue weighted by atomic mass is 16.4. The third-order valence-electron chi connectivity index (χ3n) is 6.50. The second-order valence-electron chi connectivity index (χ2n) is 8.32. The highest BCUT2D eigenvalue weighted by Crippen LogP contribution is 2.56. The van der Waals surface area contributed by atoms with Crippen LogP contribution < -0.4 is 5.32 Å². The SMILES string of the molecule is C1CC2CC2N1.CC(C)C(C)(C)C(C(=O)O)(C(=O)O)C(C)(C(=O)O)C(=O)O. The van der Waals surface area contributed by atoms with Crippen LogP contribution >= 0.6 is 0 Å². The van der Waals surface area contributed by atoms with E-state index in [1.54, 1.807) is 0 Å². The van der Waals surface area contributed by atoms with Gasteiger partial charge in [0, 0.05) is 6.04 Å². The van der Waals surface area contributed by atoms with E-state index in [0.717, 1.165) is 12.0 Å². The van der Waals surface area contributed by atoms with Crippen LogP contribution in [-0.2, 0) is 19.2 Å². The lowest BCUT2D eigenvalue weighted by atomic mass is 9.49. The molecule has 2 atom stereocenters. The zero-order valence-corrected chi connectivity index (χ0v) is 16.3. The van der Waals surface area contributed by atoms with Crippen molar-refractivity contribution < 1.29 is 39.6 Å². The maximum absolute atomic E-state index is 11.8. The molecule has 0 aromatic rings. The van der Waals surface area contributed by atoms with Crippen LogP contribution in [0.15, 0.2) is 0 Å². The summed E-state index contributed by atoms with van der Waals surface area (Å²) >= 11 is 0. The molecule has 2 unspecified atom stereocenters. The number of hydrogen-bond donors (Lipinski definition) is 5. The minimum Gasteiger partial charge on any atom is -0.480 e. The van der Waals surface area contributed by atoms with Gasteiger partial charge in [0.2, 0.25) is 0 Å². The van der Waals surface area contributed by atoms with Crippen LogP contribution in [0.1, 0.15) is 47.5 Å². The molecule has 154 valence electrons. The topological polar surface area (TPSA) is 161 Å². The Morgan fingerprint density at radius 1 is 0.889 bits per heavy atom. The predicted octanol–water partition coefficient (Wildman–Crippen LogP) is 1.37. The zero-order valence-electron chi connectivity index (χ0n) is 16.3. The molecule has 5 N–H and O–H groups in total. The summed E-state index contributed by atoms with van der Waals surface area (Å²) in [6, 6.07) is 0.963. The first-order chi connectivity index (χ1) is 12.2. The molecule has 0 spiro atoms. The molecule has 1 heterocycles. The highest BCUT2D eigenvalue weighted by molar-refractivity contribution is 6.13. The van der Waals surface area contributed by atoms with Crippen molar-refractivity contribution in [2.75, 3.05) is 6.54 Å². The van der Waals surface area contributed by atoms with Crippen molar-refractivity contribution >= 4 is 23.9 Å². The van der Waals surface area contributed by atoms with E-state index < -0.39 is 46.0 Å². The average Bonchev–Trinajstić information content (AvgIpc) is 3.12. The molecule has 9 heteroatoms. The lowest BCUT2D eigenvalue weighted by molar-refractivity contribution is -0.209. The minimum atomic E-state index is -3.05. The van der Waals surface area contributed by atoms with Crippen molar-refractivity contribution in [1.82, 2.24) is 5.32 Å². The smallest absolute Gasteiger partial charge is 0.323 e. The van der Waals surface area contributed by atoms with E-state index in [2.05, 4.69) is 5.32 Å². The van der Waals surface area contributed by atoms with Gasteiger partial charge in [-0.25, -0.2) is 0 Å². The van der Waals surface area contributed by atoms with Crippen molar-refractivity contribution in [2.24, 2.45) is 28.1 Å². The Kier molecular flexibility index (Phi) is 6.32. The molecule has 0 aromatic heterocycles. The van der Waals surface area contributed by atoms with Crippen molar-refractivity contribution in [3.05, 3.63) is 0 Å². The van der Waals surface area contributed by atoms with E-state index in [0.29, 0.717) is 6.92 Å². The summed E-state index contributed by atoms with van der Waals surface area (Å²) in [6.45, 7) is 7.39. The molecule has 0 radical (unpaired) electrons. The summed E-state index contributed by atoms with van der Waals surface area (Å²) in [6.07, 6.45) is 2.92. The largest absolute Gasteiger partial charge is 0.480 e. The molecule has 0 amide bonds. The van der Waals surface area contributed by atoms with Crippen LogP contribution in [0.3, 0.4) is 0 Å². The van der Waals surface area contributed by atoms with Gasteiger partial charge in [0.15, 0.2) is 10.8 Å². The van der Waals surface area contributed by atoms with E-state index in [1.165, 1.54) is 47.1 Å². The van der Waals surface area contributed by atoms with E-state index in [9.17, 15) is 39.6 Å². The molecule has 1 saturated heterocycles. The van der Waals surface area contributed by atoms with E-state index in [-0.39, 0.29) is 0 Å². The number of carboxylic acid groups (broad SMARTS) is 4. The van der Waals surface area contributed by atoms with Gasteiger partial charge in [0.1, 0.15) is 0 Å². The summed E-state index contributed by atoms with van der Waals surface area (Å²) in [4.78, 5) is 46.5. The van der Waals surface area contributed by atoms with Gasteiger partial charge in [0.25, 0.3) is 0 Å². The molecule has 0 aromatic carbocycles. The monoisotopic (exact) mass is 387 g/mol.